The molecule has 0 saturated carbocycles. The Morgan fingerprint density at radius 2 is 2.31 bits per heavy atom. The van der Waals surface area contributed by atoms with Crippen molar-refractivity contribution < 1.29 is 5.11 Å². The van der Waals surface area contributed by atoms with Crippen LogP contribution in [0.5, 0.6) is 0 Å². The first-order valence-corrected chi connectivity index (χ1v) is 6.29. The molecule has 2 N–H and O–H groups in total. The van der Waals surface area contributed by atoms with Crippen LogP contribution in [0.1, 0.15) is 25.5 Å². The molecule has 0 saturated heterocycles. The van der Waals surface area contributed by atoms with E-state index in [0.29, 0.717) is 6.54 Å². The number of aromatic nitrogens is 1. The van der Waals surface area contributed by atoms with Crippen LogP contribution in [0, 0.1) is 0 Å². The third-order valence-electron chi connectivity index (χ3n) is 2.54. The van der Waals surface area contributed by atoms with Crippen molar-refractivity contribution in [3.05, 3.63) is 29.3 Å². The van der Waals surface area contributed by atoms with E-state index in [1.807, 2.05) is 12.3 Å². The highest BCUT2D eigenvalue weighted by Crippen LogP contribution is 2.22. The van der Waals surface area contributed by atoms with Gasteiger partial charge in [0.05, 0.1) is 16.3 Å². The highest BCUT2D eigenvalue weighted by molar-refractivity contribution is 7.17. The molecule has 0 fully saturated rings. The molecule has 2 heterocycles. The minimum Gasteiger partial charge on any atom is -0.392 e. The number of hydrogen-bond acceptors (Lipinski definition) is 4. The van der Waals surface area contributed by atoms with E-state index in [-0.39, 0.29) is 12.1 Å². The van der Waals surface area contributed by atoms with Crippen LogP contribution in [0.2, 0.25) is 0 Å². The topological polar surface area (TPSA) is 45.1 Å². The van der Waals surface area contributed by atoms with E-state index in [1.165, 1.54) is 4.70 Å². The maximum Gasteiger partial charge on any atom is 0.0809 e. The predicted molar refractivity (Wildman–Crippen MR) is 67.7 cm³/mol. The summed E-state index contributed by atoms with van der Waals surface area (Å²) < 4.78 is 1.21. The fourth-order valence-corrected chi connectivity index (χ4v) is 2.35. The first kappa shape index (κ1) is 11.5. The summed E-state index contributed by atoms with van der Waals surface area (Å²) in [5.74, 6) is 0. The normalized spacial score (nSPS) is 15.2. The molecule has 2 aromatic rings. The molecule has 2 aromatic heterocycles. The first-order chi connectivity index (χ1) is 7.66. The second-order valence-corrected chi connectivity index (χ2v) is 5.00. The molecule has 2 atom stereocenters. The number of rotatable bonds is 4. The summed E-state index contributed by atoms with van der Waals surface area (Å²) in [5, 5.41) is 14.5. The summed E-state index contributed by atoms with van der Waals surface area (Å²) >= 11 is 1.70. The number of pyridine rings is 1. The molecule has 0 aromatic carbocycles. The number of nitrogens with one attached hydrogen (secondary N) is 1. The van der Waals surface area contributed by atoms with Crippen LogP contribution in [-0.4, -0.2) is 22.7 Å². The molecule has 4 heteroatoms. The second kappa shape index (κ2) is 4.91. The Bertz CT molecular complexity index is 467. The fourth-order valence-electron chi connectivity index (χ4n) is 1.56. The lowest BCUT2D eigenvalue weighted by Crippen LogP contribution is -2.27. The van der Waals surface area contributed by atoms with E-state index in [0.717, 1.165) is 11.1 Å². The Kier molecular flexibility index (Phi) is 3.53. The summed E-state index contributed by atoms with van der Waals surface area (Å²) in [6, 6.07) is 4.40. The highest BCUT2D eigenvalue weighted by atomic mass is 32.1. The molecule has 0 aliphatic heterocycles. The molecule has 2 rings (SSSR count). The molecule has 0 radical (unpaired) electrons. The van der Waals surface area contributed by atoms with Gasteiger partial charge in [0, 0.05) is 18.8 Å². The van der Waals surface area contributed by atoms with E-state index in [2.05, 4.69) is 28.7 Å². The summed E-state index contributed by atoms with van der Waals surface area (Å²) in [7, 11) is 0. The van der Waals surface area contributed by atoms with Crippen molar-refractivity contribution >= 4 is 21.6 Å². The maximum absolute atomic E-state index is 9.21. The van der Waals surface area contributed by atoms with Gasteiger partial charge in [-0.15, -0.1) is 11.3 Å². The Hall–Kier alpha value is -0.970. The van der Waals surface area contributed by atoms with Gasteiger partial charge in [-0.05, 0) is 36.9 Å². The fraction of sp³-hybridized carbons (Fsp3) is 0.417. The van der Waals surface area contributed by atoms with Crippen molar-refractivity contribution in [3.63, 3.8) is 0 Å². The minimum atomic E-state index is -0.319. The van der Waals surface area contributed by atoms with Crippen LogP contribution in [0.25, 0.3) is 10.2 Å². The lowest BCUT2D eigenvalue weighted by Gasteiger charge is -2.15. The molecular weight excluding hydrogens is 220 g/mol. The van der Waals surface area contributed by atoms with Gasteiger partial charge in [0.2, 0.25) is 0 Å². The van der Waals surface area contributed by atoms with Crippen molar-refractivity contribution in [3.8, 4) is 0 Å². The average molecular weight is 236 g/mol. The standard InChI is InChI=1S/C12H16N2OS/c1-8(15)6-13-9(2)10-5-12-11(14-7-10)3-4-16-12/h3-5,7-9,13,15H,6H2,1-2H3/t8-,9?/m0/s1. The van der Waals surface area contributed by atoms with Crippen LogP contribution < -0.4 is 5.32 Å². The molecule has 0 spiro atoms. The van der Waals surface area contributed by atoms with Gasteiger partial charge in [-0.25, -0.2) is 0 Å². The Morgan fingerprint density at radius 1 is 1.50 bits per heavy atom. The molecule has 16 heavy (non-hydrogen) atoms. The van der Waals surface area contributed by atoms with E-state index < -0.39 is 0 Å². The highest BCUT2D eigenvalue weighted by Gasteiger charge is 2.07. The molecule has 0 aliphatic rings. The van der Waals surface area contributed by atoms with E-state index in [9.17, 15) is 5.11 Å². The van der Waals surface area contributed by atoms with E-state index in [4.69, 9.17) is 0 Å². The largest absolute Gasteiger partial charge is 0.392 e. The quantitative estimate of drug-likeness (QED) is 0.856. The van der Waals surface area contributed by atoms with Gasteiger partial charge in [0.15, 0.2) is 0 Å². The van der Waals surface area contributed by atoms with Crippen LogP contribution >= 0.6 is 11.3 Å². The number of thiophene rings is 1. The zero-order valence-electron chi connectivity index (χ0n) is 9.47. The van der Waals surface area contributed by atoms with Crippen molar-refractivity contribution in [1.29, 1.82) is 0 Å². The lowest BCUT2D eigenvalue weighted by atomic mass is 10.1. The summed E-state index contributed by atoms with van der Waals surface area (Å²) in [5.41, 5.74) is 2.21. The zero-order valence-corrected chi connectivity index (χ0v) is 10.3. The van der Waals surface area contributed by atoms with Crippen molar-refractivity contribution in [2.75, 3.05) is 6.54 Å². The predicted octanol–water partition coefficient (Wildman–Crippen LogP) is 2.33. The summed E-state index contributed by atoms with van der Waals surface area (Å²) in [6.45, 7) is 4.46. The van der Waals surface area contributed by atoms with Gasteiger partial charge in [-0.1, -0.05) is 0 Å². The zero-order chi connectivity index (χ0) is 11.5. The van der Waals surface area contributed by atoms with Gasteiger partial charge >= 0.3 is 0 Å². The van der Waals surface area contributed by atoms with Crippen molar-refractivity contribution in [2.45, 2.75) is 26.0 Å². The Labute approximate surface area is 99.1 Å². The van der Waals surface area contributed by atoms with E-state index >= 15 is 0 Å². The van der Waals surface area contributed by atoms with Crippen molar-refractivity contribution in [2.24, 2.45) is 0 Å². The number of fused-ring (bicyclic) bond motifs is 1. The number of nitrogens with zero attached hydrogens (tertiary/aromatic N) is 1. The smallest absolute Gasteiger partial charge is 0.0809 e. The van der Waals surface area contributed by atoms with Crippen LogP contribution in [-0.2, 0) is 0 Å². The molecular formula is C12H16N2OS. The average Bonchev–Trinajstić information content (AvgIpc) is 2.72. The maximum atomic E-state index is 9.21. The van der Waals surface area contributed by atoms with Gasteiger partial charge < -0.3 is 10.4 Å². The lowest BCUT2D eigenvalue weighted by molar-refractivity contribution is 0.187. The van der Waals surface area contributed by atoms with Gasteiger partial charge in [-0.2, -0.15) is 0 Å². The van der Waals surface area contributed by atoms with Gasteiger partial charge in [-0.3, -0.25) is 4.98 Å². The monoisotopic (exact) mass is 236 g/mol. The van der Waals surface area contributed by atoms with Gasteiger partial charge in [0.25, 0.3) is 0 Å². The van der Waals surface area contributed by atoms with E-state index in [1.54, 1.807) is 18.3 Å². The number of aliphatic hydroxyl groups excluding tert-OH is 1. The molecule has 0 bridgehead atoms. The first-order valence-electron chi connectivity index (χ1n) is 5.41. The Balaban J connectivity index is 2.12. The van der Waals surface area contributed by atoms with Crippen LogP contribution in [0.15, 0.2) is 23.7 Å². The van der Waals surface area contributed by atoms with Gasteiger partial charge in [0.1, 0.15) is 0 Å². The van der Waals surface area contributed by atoms with Crippen LogP contribution in [0.4, 0.5) is 0 Å². The molecule has 0 aliphatic carbocycles. The second-order valence-electron chi connectivity index (χ2n) is 4.05. The summed E-state index contributed by atoms with van der Waals surface area (Å²) in [4.78, 5) is 4.40. The molecule has 3 nitrogen and oxygen atoms in total. The number of aliphatic hydroxyl groups is 1. The minimum absolute atomic E-state index is 0.216. The molecule has 0 amide bonds. The SMILES string of the molecule is CC(NC[C@H](C)O)c1cnc2ccsc2c1. The Morgan fingerprint density at radius 3 is 3.06 bits per heavy atom. The number of hydrogen-bond donors (Lipinski definition) is 2. The molecule has 86 valence electrons. The third kappa shape index (κ3) is 2.58. The molecule has 1 unspecified atom stereocenters. The third-order valence-corrected chi connectivity index (χ3v) is 3.40. The summed E-state index contributed by atoms with van der Waals surface area (Å²) in [6.07, 6.45) is 1.58. The van der Waals surface area contributed by atoms with Crippen LogP contribution in [0.3, 0.4) is 0 Å². The van der Waals surface area contributed by atoms with Crippen molar-refractivity contribution in [1.82, 2.24) is 10.3 Å².